The van der Waals surface area contributed by atoms with Gasteiger partial charge in [0, 0.05) is 41.1 Å². The Morgan fingerprint density at radius 2 is 2.12 bits per heavy atom. The molecule has 0 N–H and O–H groups in total. The summed E-state index contributed by atoms with van der Waals surface area (Å²) in [5.74, 6) is -0.479. The molecule has 3 atom stereocenters. The van der Waals surface area contributed by atoms with E-state index in [-0.39, 0.29) is 48.1 Å². The maximum atomic E-state index is 15.6. The summed E-state index contributed by atoms with van der Waals surface area (Å²) >= 11 is 12.2. The third kappa shape index (κ3) is 2.95. The molecule has 0 amide bonds. The fourth-order valence-corrected chi connectivity index (χ4v) is 4.38. The minimum atomic E-state index is -2.13. The number of fused-ring (bicyclic) bond motifs is 1. The molecule has 0 radical (unpaired) electrons. The Hall–Kier alpha value is -1.78. The highest BCUT2D eigenvalue weighted by atomic mass is 35.5. The number of hydrogen-bond donors (Lipinski definition) is 0. The Morgan fingerprint density at radius 1 is 1.31 bits per heavy atom. The summed E-state index contributed by atoms with van der Waals surface area (Å²) in [6.07, 6.45) is 2.27. The van der Waals surface area contributed by atoms with Crippen LogP contribution in [0.5, 0.6) is 0 Å². The number of carbonyl (C=O) groups is 2. The lowest BCUT2D eigenvalue weighted by Crippen LogP contribution is -2.37. The number of alkyl halides is 1. The first-order chi connectivity index (χ1) is 12.4. The summed E-state index contributed by atoms with van der Waals surface area (Å²) in [6, 6.07) is 8.37. The number of nitrogens with zero attached hydrogens (tertiary/aromatic N) is 1. The first kappa shape index (κ1) is 17.6. The van der Waals surface area contributed by atoms with Crippen LogP contribution < -0.4 is 0 Å². The van der Waals surface area contributed by atoms with E-state index in [1.165, 1.54) is 12.3 Å². The molecule has 2 aliphatic rings. The second kappa shape index (κ2) is 6.43. The van der Waals surface area contributed by atoms with Crippen LogP contribution >= 0.6 is 23.2 Å². The van der Waals surface area contributed by atoms with Crippen LogP contribution in [0.25, 0.3) is 0 Å². The third-order valence-electron chi connectivity index (χ3n) is 5.37. The molecule has 3 nitrogen and oxygen atoms in total. The Kier molecular flexibility index (Phi) is 4.36. The van der Waals surface area contributed by atoms with E-state index in [0.717, 1.165) is 12.0 Å². The number of carbonyl (C=O) groups excluding carboxylic acids is 2. The van der Waals surface area contributed by atoms with Gasteiger partial charge in [0.15, 0.2) is 17.2 Å². The first-order valence-electron chi connectivity index (χ1n) is 8.56. The van der Waals surface area contributed by atoms with Crippen molar-refractivity contribution in [3.63, 3.8) is 0 Å². The molecule has 0 saturated heterocycles. The number of hydrogen-bond acceptors (Lipinski definition) is 3. The molecule has 2 aromatic rings. The maximum absolute atomic E-state index is 15.6. The van der Waals surface area contributed by atoms with Crippen molar-refractivity contribution in [1.82, 2.24) is 4.98 Å². The molecule has 2 aliphatic carbocycles. The van der Waals surface area contributed by atoms with Crippen molar-refractivity contribution >= 4 is 34.8 Å². The van der Waals surface area contributed by atoms with Gasteiger partial charge in [0.1, 0.15) is 5.69 Å². The second-order valence-electron chi connectivity index (χ2n) is 7.02. The fraction of sp³-hybridized carbons (Fsp3) is 0.350. The van der Waals surface area contributed by atoms with E-state index in [1.807, 2.05) is 6.07 Å². The topological polar surface area (TPSA) is 47.0 Å². The van der Waals surface area contributed by atoms with Crippen LogP contribution in [0.1, 0.15) is 53.2 Å². The third-order valence-corrected chi connectivity index (χ3v) is 5.93. The van der Waals surface area contributed by atoms with Gasteiger partial charge >= 0.3 is 0 Å². The largest absolute Gasteiger partial charge is 0.296 e. The quantitative estimate of drug-likeness (QED) is 0.710. The average molecular weight is 392 g/mol. The highest BCUT2D eigenvalue weighted by Gasteiger charge is 2.50. The maximum Gasteiger partial charge on any atom is 0.196 e. The molecule has 1 fully saturated rings. The van der Waals surface area contributed by atoms with E-state index < -0.39 is 11.5 Å². The highest BCUT2D eigenvalue weighted by Crippen LogP contribution is 2.53. The van der Waals surface area contributed by atoms with Crippen LogP contribution in [-0.4, -0.2) is 16.6 Å². The van der Waals surface area contributed by atoms with Crippen LogP contribution in [-0.2, 0) is 10.5 Å². The normalized spacial score (nSPS) is 27.1. The number of benzene rings is 1. The standard InChI is InChI=1S/C20H16Cl2FNO2/c21-12-3-4-13(16(22)10-12)14-8-11(14)9-18(26)20(23)6-5-17(25)19-15(20)2-1-7-24-19/h1-4,7,10-11,14H,5-6,8-9H2/t11?,14?,20-/m0/s1. The number of rotatable bonds is 4. The van der Waals surface area contributed by atoms with Crippen molar-refractivity contribution in [1.29, 1.82) is 0 Å². The molecule has 1 aromatic carbocycles. The molecular formula is C20H16Cl2FNO2. The SMILES string of the molecule is O=C1CC[C@@](F)(C(=O)CC2CC2c2ccc(Cl)cc2Cl)c2cccnc21. The van der Waals surface area contributed by atoms with Crippen molar-refractivity contribution in [2.24, 2.45) is 5.92 Å². The van der Waals surface area contributed by atoms with Crippen LogP contribution in [0.4, 0.5) is 4.39 Å². The molecule has 0 spiro atoms. The Bertz CT molecular complexity index is 916. The van der Waals surface area contributed by atoms with E-state index in [9.17, 15) is 9.59 Å². The zero-order chi connectivity index (χ0) is 18.5. The van der Waals surface area contributed by atoms with E-state index in [2.05, 4.69) is 4.98 Å². The molecule has 0 bridgehead atoms. The fourth-order valence-electron chi connectivity index (χ4n) is 3.83. The van der Waals surface area contributed by atoms with Gasteiger partial charge in [0.25, 0.3) is 0 Å². The summed E-state index contributed by atoms with van der Waals surface area (Å²) in [6.45, 7) is 0. The lowest BCUT2D eigenvalue weighted by Gasteiger charge is -2.29. The smallest absolute Gasteiger partial charge is 0.196 e. The monoisotopic (exact) mass is 391 g/mol. The summed E-state index contributed by atoms with van der Waals surface area (Å²) in [7, 11) is 0. The summed E-state index contributed by atoms with van der Waals surface area (Å²) in [5, 5.41) is 1.14. The molecule has 4 rings (SSSR count). The predicted octanol–water partition coefficient (Wildman–Crippen LogP) is 5.29. The van der Waals surface area contributed by atoms with Gasteiger partial charge in [-0.05, 0) is 42.0 Å². The second-order valence-corrected chi connectivity index (χ2v) is 7.86. The molecule has 134 valence electrons. The summed E-state index contributed by atoms with van der Waals surface area (Å²) in [5.41, 5.74) is -0.984. The molecule has 0 aliphatic heterocycles. The molecule has 1 heterocycles. The number of Topliss-reactive ketones (excluding diaryl/α,β-unsaturated/α-hetero) is 2. The zero-order valence-electron chi connectivity index (χ0n) is 13.8. The van der Waals surface area contributed by atoms with Gasteiger partial charge < -0.3 is 0 Å². The number of halogens is 3. The van der Waals surface area contributed by atoms with Gasteiger partial charge in [-0.3, -0.25) is 14.6 Å². The lowest BCUT2D eigenvalue weighted by atomic mass is 9.78. The van der Waals surface area contributed by atoms with Gasteiger partial charge in [-0.25, -0.2) is 4.39 Å². The Labute approximate surface area is 160 Å². The van der Waals surface area contributed by atoms with E-state index in [1.54, 1.807) is 18.2 Å². The van der Waals surface area contributed by atoms with Crippen molar-refractivity contribution in [3.05, 3.63) is 63.4 Å². The van der Waals surface area contributed by atoms with Crippen LogP contribution in [0.15, 0.2) is 36.5 Å². The summed E-state index contributed by atoms with van der Waals surface area (Å²) < 4.78 is 15.6. The molecular weight excluding hydrogens is 376 g/mol. The van der Waals surface area contributed by atoms with Crippen molar-refractivity contribution in [3.8, 4) is 0 Å². The minimum absolute atomic E-state index is 0.00333. The highest BCUT2D eigenvalue weighted by molar-refractivity contribution is 6.35. The number of pyridine rings is 1. The van der Waals surface area contributed by atoms with Gasteiger partial charge in [0.05, 0.1) is 0 Å². The predicted molar refractivity (Wildman–Crippen MR) is 97.5 cm³/mol. The van der Waals surface area contributed by atoms with Crippen LogP contribution in [0.2, 0.25) is 10.0 Å². The molecule has 26 heavy (non-hydrogen) atoms. The summed E-state index contributed by atoms with van der Waals surface area (Å²) in [4.78, 5) is 28.7. The van der Waals surface area contributed by atoms with E-state index in [4.69, 9.17) is 23.2 Å². The minimum Gasteiger partial charge on any atom is -0.296 e. The van der Waals surface area contributed by atoms with Crippen LogP contribution in [0.3, 0.4) is 0 Å². The lowest BCUT2D eigenvalue weighted by molar-refractivity contribution is -0.132. The zero-order valence-corrected chi connectivity index (χ0v) is 15.4. The van der Waals surface area contributed by atoms with E-state index in [0.29, 0.717) is 10.0 Å². The number of ketones is 2. The molecule has 1 saturated carbocycles. The van der Waals surface area contributed by atoms with Crippen LogP contribution in [0, 0.1) is 5.92 Å². The van der Waals surface area contributed by atoms with Crippen molar-refractivity contribution < 1.29 is 14.0 Å². The number of aromatic nitrogens is 1. The molecule has 6 heteroatoms. The van der Waals surface area contributed by atoms with Crippen molar-refractivity contribution in [2.75, 3.05) is 0 Å². The van der Waals surface area contributed by atoms with Gasteiger partial charge in [-0.15, -0.1) is 0 Å². The average Bonchev–Trinajstić information content (AvgIpc) is 3.37. The molecule has 2 unspecified atom stereocenters. The van der Waals surface area contributed by atoms with Gasteiger partial charge in [0.2, 0.25) is 0 Å². The molecule has 1 aromatic heterocycles. The van der Waals surface area contributed by atoms with Crippen molar-refractivity contribution in [2.45, 2.75) is 37.3 Å². The first-order valence-corrected chi connectivity index (χ1v) is 9.31. The van der Waals surface area contributed by atoms with Gasteiger partial charge in [-0.2, -0.15) is 0 Å². The Balaban J connectivity index is 1.53. The Morgan fingerprint density at radius 3 is 2.88 bits per heavy atom. The van der Waals surface area contributed by atoms with Gasteiger partial charge in [-0.1, -0.05) is 35.3 Å². The van der Waals surface area contributed by atoms with E-state index >= 15 is 4.39 Å².